The third-order valence-electron chi connectivity index (χ3n) is 1.67. The minimum absolute atomic E-state index is 0.487. The summed E-state index contributed by atoms with van der Waals surface area (Å²) in [5, 5.41) is 7.30. The predicted molar refractivity (Wildman–Crippen MR) is 53.5 cm³/mol. The van der Waals surface area contributed by atoms with Crippen LogP contribution >= 0.6 is 0 Å². The smallest absolute Gasteiger partial charge is 0.243 e. The summed E-state index contributed by atoms with van der Waals surface area (Å²) in [6.45, 7) is 5.89. The Morgan fingerprint density at radius 1 is 1.38 bits per heavy atom. The molecule has 3 N–H and O–H groups in total. The Kier molecular flexibility index (Phi) is 3.54. The second-order valence-electron chi connectivity index (χ2n) is 2.94. The molecule has 0 atom stereocenters. The quantitative estimate of drug-likeness (QED) is 0.717. The van der Waals surface area contributed by atoms with E-state index in [0.29, 0.717) is 11.9 Å². The van der Waals surface area contributed by atoms with E-state index in [-0.39, 0.29) is 0 Å². The van der Waals surface area contributed by atoms with Crippen LogP contribution in [-0.4, -0.2) is 21.3 Å². The maximum Gasteiger partial charge on any atom is 0.243 e. The van der Waals surface area contributed by atoms with Crippen LogP contribution in [-0.2, 0) is 6.54 Å². The van der Waals surface area contributed by atoms with Crippen LogP contribution in [0.2, 0.25) is 0 Å². The van der Waals surface area contributed by atoms with Gasteiger partial charge in [-0.15, -0.1) is 5.10 Å². The Balaban J connectivity index is 2.59. The Morgan fingerprint density at radius 3 is 2.77 bits per heavy atom. The molecule has 0 spiro atoms. The van der Waals surface area contributed by atoms with Crippen molar-refractivity contribution in [3.63, 3.8) is 0 Å². The number of nitrogens with zero attached hydrogens (tertiary/aromatic N) is 3. The molecule has 0 saturated heterocycles. The van der Waals surface area contributed by atoms with Crippen molar-refractivity contribution in [2.45, 2.75) is 33.2 Å². The van der Waals surface area contributed by atoms with E-state index in [1.807, 2.05) is 0 Å². The number of anilines is 2. The first kappa shape index (κ1) is 9.83. The fourth-order valence-electron chi connectivity index (χ4n) is 1.04. The Hall–Kier alpha value is -1.26. The van der Waals surface area contributed by atoms with E-state index in [1.165, 1.54) is 0 Å². The van der Waals surface area contributed by atoms with Crippen molar-refractivity contribution in [1.29, 1.82) is 0 Å². The summed E-state index contributed by atoms with van der Waals surface area (Å²) in [4.78, 5) is 4.09. The van der Waals surface area contributed by atoms with Crippen molar-refractivity contribution in [1.82, 2.24) is 14.8 Å². The Morgan fingerprint density at radius 2 is 2.15 bits per heavy atom. The lowest BCUT2D eigenvalue weighted by Crippen LogP contribution is -2.05. The van der Waals surface area contributed by atoms with Gasteiger partial charge in [-0.1, -0.05) is 13.8 Å². The van der Waals surface area contributed by atoms with Gasteiger partial charge in [-0.2, -0.15) is 4.98 Å². The zero-order valence-corrected chi connectivity index (χ0v) is 8.25. The molecule has 74 valence electrons. The number of aryl methyl sites for hydroxylation is 1. The molecule has 13 heavy (non-hydrogen) atoms. The zero-order chi connectivity index (χ0) is 9.68. The largest absolute Gasteiger partial charge is 0.368 e. The van der Waals surface area contributed by atoms with Crippen molar-refractivity contribution in [3.05, 3.63) is 0 Å². The first-order valence-electron chi connectivity index (χ1n) is 4.72. The summed E-state index contributed by atoms with van der Waals surface area (Å²) in [6.07, 6.45) is 2.07. The summed E-state index contributed by atoms with van der Waals surface area (Å²) in [5.41, 5.74) is 5.65. The van der Waals surface area contributed by atoms with E-state index < -0.39 is 0 Å². The monoisotopic (exact) mass is 183 g/mol. The molecule has 1 aromatic rings. The molecule has 0 aromatic carbocycles. The number of hydrogen-bond donors (Lipinski definition) is 2. The van der Waals surface area contributed by atoms with Gasteiger partial charge in [-0.25, -0.2) is 4.68 Å². The normalized spacial score (nSPS) is 10.3. The minimum atomic E-state index is 0.487. The van der Waals surface area contributed by atoms with E-state index >= 15 is 0 Å². The molecule has 0 saturated carbocycles. The van der Waals surface area contributed by atoms with Gasteiger partial charge in [0.2, 0.25) is 11.9 Å². The highest BCUT2D eigenvalue weighted by molar-refractivity contribution is 5.31. The molecule has 0 fully saturated rings. The average molecular weight is 183 g/mol. The van der Waals surface area contributed by atoms with Crippen molar-refractivity contribution >= 4 is 11.9 Å². The highest BCUT2D eigenvalue weighted by Gasteiger charge is 2.03. The van der Waals surface area contributed by atoms with Gasteiger partial charge >= 0.3 is 0 Å². The van der Waals surface area contributed by atoms with Crippen LogP contribution in [0.1, 0.15) is 26.7 Å². The van der Waals surface area contributed by atoms with Crippen LogP contribution in [0.4, 0.5) is 11.9 Å². The molecule has 1 aromatic heterocycles. The summed E-state index contributed by atoms with van der Waals surface area (Å²) in [5.74, 6) is 1.12. The van der Waals surface area contributed by atoms with Gasteiger partial charge in [0, 0.05) is 13.1 Å². The van der Waals surface area contributed by atoms with E-state index in [1.54, 1.807) is 4.68 Å². The van der Waals surface area contributed by atoms with Crippen molar-refractivity contribution in [2.24, 2.45) is 0 Å². The van der Waals surface area contributed by atoms with Gasteiger partial charge in [-0.05, 0) is 12.8 Å². The lowest BCUT2D eigenvalue weighted by atomic mass is 10.5. The Labute approximate surface area is 78.3 Å². The number of rotatable bonds is 5. The average Bonchev–Trinajstić information content (AvgIpc) is 2.45. The van der Waals surface area contributed by atoms with Gasteiger partial charge in [0.1, 0.15) is 0 Å². The molecule has 0 amide bonds. The van der Waals surface area contributed by atoms with E-state index in [2.05, 4.69) is 29.2 Å². The van der Waals surface area contributed by atoms with E-state index in [4.69, 9.17) is 5.73 Å². The number of hydrogen-bond acceptors (Lipinski definition) is 4. The van der Waals surface area contributed by atoms with Crippen LogP contribution in [0.25, 0.3) is 0 Å². The second kappa shape index (κ2) is 4.69. The number of nitrogens with one attached hydrogen (secondary N) is 1. The third kappa shape index (κ3) is 2.61. The summed E-state index contributed by atoms with van der Waals surface area (Å²) in [7, 11) is 0. The van der Waals surface area contributed by atoms with Crippen molar-refractivity contribution in [3.8, 4) is 0 Å². The summed E-state index contributed by atoms with van der Waals surface area (Å²) < 4.78 is 1.72. The van der Waals surface area contributed by atoms with Gasteiger partial charge < -0.3 is 11.1 Å². The van der Waals surface area contributed by atoms with Crippen molar-refractivity contribution in [2.75, 3.05) is 17.6 Å². The molecule has 0 aliphatic heterocycles. The van der Waals surface area contributed by atoms with Crippen molar-refractivity contribution < 1.29 is 0 Å². The summed E-state index contributed by atoms with van der Waals surface area (Å²) in [6, 6.07) is 0. The highest BCUT2D eigenvalue weighted by atomic mass is 15.4. The third-order valence-corrected chi connectivity index (χ3v) is 1.67. The summed E-state index contributed by atoms with van der Waals surface area (Å²) >= 11 is 0. The van der Waals surface area contributed by atoms with Crippen LogP contribution in [0.3, 0.4) is 0 Å². The molecule has 0 aliphatic rings. The van der Waals surface area contributed by atoms with Gasteiger partial charge in [0.25, 0.3) is 0 Å². The van der Waals surface area contributed by atoms with E-state index in [0.717, 1.165) is 25.9 Å². The molecule has 0 radical (unpaired) electrons. The minimum Gasteiger partial charge on any atom is -0.368 e. The van der Waals surface area contributed by atoms with Gasteiger partial charge in [-0.3, -0.25) is 0 Å². The van der Waals surface area contributed by atoms with E-state index in [9.17, 15) is 0 Å². The van der Waals surface area contributed by atoms with Crippen LogP contribution < -0.4 is 11.1 Å². The molecule has 5 heteroatoms. The maximum absolute atomic E-state index is 5.65. The fraction of sp³-hybridized carbons (Fsp3) is 0.750. The molecule has 0 bridgehead atoms. The predicted octanol–water partition coefficient (Wildman–Crippen LogP) is 1.09. The standard InChI is InChI=1S/C8H17N5/c1-3-5-10-8-11-7(9)13(12-8)6-4-2/h3-6H2,1-2H3,(H3,9,10,11,12). The number of nitrogens with two attached hydrogens (primary N) is 1. The first-order chi connectivity index (χ1) is 6.27. The first-order valence-corrected chi connectivity index (χ1v) is 4.72. The molecular weight excluding hydrogens is 166 g/mol. The second-order valence-corrected chi connectivity index (χ2v) is 2.94. The molecule has 0 aliphatic carbocycles. The lowest BCUT2D eigenvalue weighted by Gasteiger charge is -1.97. The maximum atomic E-state index is 5.65. The Bertz CT molecular complexity index is 255. The molecule has 0 unspecified atom stereocenters. The SMILES string of the molecule is CCCNc1nc(N)n(CCC)n1. The number of nitrogen functional groups attached to an aromatic ring is 1. The van der Waals surface area contributed by atoms with Crippen LogP contribution in [0, 0.1) is 0 Å². The van der Waals surface area contributed by atoms with Crippen LogP contribution in [0.5, 0.6) is 0 Å². The van der Waals surface area contributed by atoms with Gasteiger partial charge in [0.15, 0.2) is 0 Å². The van der Waals surface area contributed by atoms with Gasteiger partial charge in [0.05, 0.1) is 0 Å². The lowest BCUT2D eigenvalue weighted by molar-refractivity contribution is 0.611. The number of aromatic nitrogens is 3. The fourth-order valence-corrected chi connectivity index (χ4v) is 1.04. The molecule has 1 rings (SSSR count). The van der Waals surface area contributed by atoms with Crippen LogP contribution in [0.15, 0.2) is 0 Å². The molecule has 1 heterocycles. The topological polar surface area (TPSA) is 68.8 Å². The molecular formula is C8H17N5. The molecule has 5 nitrogen and oxygen atoms in total. The highest BCUT2D eigenvalue weighted by Crippen LogP contribution is 2.05. The zero-order valence-electron chi connectivity index (χ0n) is 8.25.